The molecule has 1 heterocycles. The molecule has 4 rings (SSSR count). The number of hydrogen-bond donors (Lipinski definition) is 0. The van der Waals surface area contributed by atoms with E-state index >= 15 is 0 Å². The molecule has 5 atom stereocenters. The van der Waals surface area contributed by atoms with E-state index in [4.69, 9.17) is 35.3 Å². The standard InChI is InChI=1S/C39H59ClO5/c1-6-11-21-41-28-35-36(42-22-12-7-2)37(43-23-13-8-3)38(44-24-14-9-4)39(45-35)20-19-31-27-34(40)32(26-33(31)39)25-30-17-15-29(10-5)16-18-30/h15-18,26-27,35-38H,6-14,19-25,28H2,1-5H3/t35-,36-,37+,38-,39+/m1/s1. The normalized spacial score (nSPS) is 24.4. The average molecular weight is 643 g/mol. The Hall–Kier alpha value is -1.47. The van der Waals surface area contributed by atoms with Gasteiger partial charge in [-0.1, -0.05) is 102 Å². The number of rotatable bonds is 20. The van der Waals surface area contributed by atoms with E-state index in [1.165, 1.54) is 22.3 Å². The number of benzene rings is 2. The van der Waals surface area contributed by atoms with E-state index in [9.17, 15) is 0 Å². The molecule has 45 heavy (non-hydrogen) atoms. The molecule has 1 fully saturated rings. The summed E-state index contributed by atoms with van der Waals surface area (Å²) in [5.74, 6) is 0. The van der Waals surface area contributed by atoms with Crippen LogP contribution in [0.5, 0.6) is 0 Å². The van der Waals surface area contributed by atoms with Crippen LogP contribution in [0.1, 0.15) is 120 Å². The molecule has 252 valence electrons. The zero-order chi connectivity index (χ0) is 32.1. The summed E-state index contributed by atoms with van der Waals surface area (Å²) in [5, 5.41) is 0.820. The van der Waals surface area contributed by atoms with Gasteiger partial charge in [-0.05, 0) is 85.3 Å². The Morgan fingerprint density at radius 2 is 1.36 bits per heavy atom. The molecule has 0 aromatic heterocycles. The Morgan fingerprint density at radius 1 is 0.756 bits per heavy atom. The molecule has 0 N–H and O–H groups in total. The number of halogens is 1. The Kier molecular flexibility index (Phi) is 15.2. The molecular weight excluding hydrogens is 584 g/mol. The molecule has 6 heteroatoms. The van der Waals surface area contributed by atoms with Crippen molar-refractivity contribution in [3.63, 3.8) is 0 Å². The maximum Gasteiger partial charge on any atom is 0.123 e. The zero-order valence-corrected chi connectivity index (χ0v) is 29.5. The van der Waals surface area contributed by atoms with Crippen LogP contribution in [0.3, 0.4) is 0 Å². The Balaban J connectivity index is 1.76. The fourth-order valence-corrected chi connectivity index (χ4v) is 6.96. The van der Waals surface area contributed by atoms with Crippen LogP contribution in [-0.2, 0) is 48.5 Å². The topological polar surface area (TPSA) is 46.2 Å². The van der Waals surface area contributed by atoms with Crippen molar-refractivity contribution in [1.82, 2.24) is 0 Å². The van der Waals surface area contributed by atoms with Crippen LogP contribution in [0, 0.1) is 0 Å². The maximum atomic E-state index is 7.34. The van der Waals surface area contributed by atoms with Crippen molar-refractivity contribution in [2.75, 3.05) is 33.0 Å². The van der Waals surface area contributed by atoms with E-state index in [-0.39, 0.29) is 24.4 Å². The molecule has 1 saturated heterocycles. The highest BCUT2D eigenvalue weighted by Gasteiger charge is 2.59. The van der Waals surface area contributed by atoms with Crippen LogP contribution in [0.15, 0.2) is 36.4 Å². The molecular formula is C39H59ClO5. The quantitative estimate of drug-likeness (QED) is 0.135. The van der Waals surface area contributed by atoms with Gasteiger partial charge in [0.1, 0.15) is 30.0 Å². The highest BCUT2D eigenvalue weighted by molar-refractivity contribution is 6.31. The smallest absolute Gasteiger partial charge is 0.123 e. The van der Waals surface area contributed by atoms with Crippen LogP contribution in [0.2, 0.25) is 5.02 Å². The molecule has 2 aliphatic rings. The van der Waals surface area contributed by atoms with Crippen LogP contribution in [0.4, 0.5) is 0 Å². The van der Waals surface area contributed by atoms with E-state index in [0.717, 1.165) is 94.2 Å². The summed E-state index contributed by atoms with van der Waals surface area (Å²) in [6, 6.07) is 13.4. The second-order valence-electron chi connectivity index (χ2n) is 12.9. The van der Waals surface area contributed by atoms with Crippen molar-refractivity contribution < 1.29 is 23.7 Å². The Morgan fingerprint density at radius 3 is 2.00 bits per heavy atom. The van der Waals surface area contributed by atoms with Gasteiger partial charge in [-0.2, -0.15) is 0 Å². The molecule has 1 spiro atoms. The maximum absolute atomic E-state index is 7.34. The number of unbranched alkanes of at least 4 members (excludes halogenated alkanes) is 4. The lowest BCUT2D eigenvalue weighted by Crippen LogP contribution is -2.65. The third-order valence-electron chi connectivity index (χ3n) is 9.47. The first-order valence-corrected chi connectivity index (χ1v) is 18.4. The van der Waals surface area contributed by atoms with E-state index < -0.39 is 5.60 Å². The van der Waals surface area contributed by atoms with Crippen LogP contribution >= 0.6 is 11.6 Å². The van der Waals surface area contributed by atoms with Crippen molar-refractivity contribution in [2.45, 2.75) is 142 Å². The fourth-order valence-electron chi connectivity index (χ4n) is 6.71. The van der Waals surface area contributed by atoms with Gasteiger partial charge >= 0.3 is 0 Å². The summed E-state index contributed by atoms with van der Waals surface area (Å²) in [5.41, 5.74) is 5.51. The lowest BCUT2D eigenvalue weighted by Gasteiger charge is -2.52. The largest absolute Gasteiger partial charge is 0.379 e. The molecule has 0 amide bonds. The minimum atomic E-state index is -0.658. The monoisotopic (exact) mass is 642 g/mol. The first kappa shape index (κ1) is 36.4. The highest BCUT2D eigenvalue weighted by atomic mass is 35.5. The van der Waals surface area contributed by atoms with Gasteiger partial charge in [-0.3, -0.25) is 0 Å². The van der Waals surface area contributed by atoms with Crippen molar-refractivity contribution in [2.24, 2.45) is 0 Å². The average Bonchev–Trinajstić information content (AvgIpc) is 3.39. The third-order valence-corrected chi connectivity index (χ3v) is 9.82. The molecule has 2 aromatic rings. The van der Waals surface area contributed by atoms with Crippen molar-refractivity contribution in [3.05, 3.63) is 69.2 Å². The Labute approximate surface area is 278 Å². The Bertz CT molecular complexity index is 1140. The number of hydrogen-bond acceptors (Lipinski definition) is 5. The van der Waals surface area contributed by atoms with Gasteiger partial charge in [0.2, 0.25) is 0 Å². The zero-order valence-electron chi connectivity index (χ0n) is 28.7. The SMILES string of the molecule is CCCCOC[C@H]1O[C@]2(CCc3cc(Cl)c(Cc4ccc(CC)cc4)cc32)[C@H](OCCCC)[C@@H](OCCCC)[C@@H]1OCCCC. The second-order valence-corrected chi connectivity index (χ2v) is 13.4. The molecule has 5 nitrogen and oxygen atoms in total. The van der Waals surface area contributed by atoms with Crippen LogP contribution in [0.25, 0.3) is 0 Å². The summed E-state index contributed by atoms with van der Waals surface area (Å²) >= 11 is 6.98. The predicted molar refractivity (Wildman–Crippen MR) is 185 cm³/mol. The van der Waals surface area contributed by atoms with Gasteiger partial charge in [0.05, 0.1) is 6.61 Å². The van der Waals surface area contributed by atoms with Gasteiger partial charge in [-0.15, -0.1) is 0 Å². The molecule has 0 saturated carbocycles. The first-order chi connectivity index (χ1) is 22.0. The molecule has 1 aliphatic carbocycles. The van der Waals surface area contributed by atoms with Crippen LogP contribution in [-0.4, -0.2) is 57.5 Å². The van der Waals surface area contributed by atoms with Gasteiger partial charge in [0.15, 0.2) is 0 Å². The number of fused-ring (bicyclic) bond motifs is 2. The fraction of sp³-hybridized carbons (Fsp3) is 0.692. The molecule has 1 aliphatic heterocycles. The van der Waals surface area contributed by atoms with Crippen molar-refractivity contribution >= 4 is 11.6 Å². The summed E-state index contributed by atoms with van der Waals surface area (Å²) < 4.78 is 34.0. The minimum Gasteiger partial charge on any atom is -0.379 e. The molecule has 2 aromatic carbocycles. The highest BCUT2D eigenvalue weighted by Crippen LogP contribution is 2.51. The van der Waals surface area contributed by atoms with Crippen LogP contribution < -0.4 is 0 Å². The van der Waals surface area contributed by atoms with Gasteiger partial charge in [0, 0.05) is 31.5 Å². The molecule has 0 unspecified atom stereocenters. The van der Waals surface area contributed by atoms with E-state index in [1.54, 1.807) is 0 Å². The summed E-state index contributed by atoms with van der Waals surface area (Å²) in [4.78, 5) is 0. The first-order valence-electron chi connectivity index (χ1n) is 18.0. The lowest BCUT2D eigenvalue weighted by atomic mass is 9.79. The van der Waals surface area contributed by atoms with Gasteiger partial charge < -0.3 is 23.7 Å². The van der Waals surface area contributed by atoms with E-state index in [1.807, 2.05) is 0 Å². The van der Waals surface area contributed by atoms with E-state index in [0.29, 0.717) is 26.4 Å². The van der Waals surface area contributed by atoms with Crippen molar-refractivity contribution in [1.29, 1.82) is 0 Å². The third kappa shape index (κ3) is 9.33. The van der Waals surface area contributed by atoms with Crippen molar-refractivity contribution in [3.8, 4) is 0 Å². The van der Waals surface area contributed by atoms with Gasteiger partial charge in [0.25, 0.3) is 0 Å². The summed E-state index contributed by atoms with van der Waals surface area (Å²) in [6.07, 6.45) is 10.8. The van der Waals surface area contributed by atoms with Gasteiger partial charge in [-0.25, -0.2) is 0 Å². The summed E-state index contributed by atoms with van der Waals surface area (Å²) in [6.45, 7) is 14.2. The predicted octanol–water partition coefficient (Wildman–Crippen LogP) is 9.41. The summed E-state index contributed by atoms with van der Waals surface area (Å²) in [7, 11) is 0. The van der Waals surface area contributed by atoms with E-state index in [2.05, 4.69) is 71.0 Å². The lowest BCUT2D eigenvalue weighted by molar-refractivity contribution is -0.307. The molecule has 0 bridgehead atoms. The minimum absolute atomic E-state index is 0.259. The number of aryl methyl sites for hydroxylation is 2. The molecule has 0 radical (unpaired) electrons. The number of ether oxygens (including phenoxy) is 5. The second kappa shape index (κ2) is 18.8.